The molecule has 0 aliphatic heterocycles. The average Bonchev–Trinajstić information content (AvgIpc) is 2.56. The van der Waals surface area contributed by atoms with Crippen LogP contribution >= 0.6 is 0 Å². The van der Waals surface area contributed by atoms with Crippen LogP contribution in [0.5, 0.6) is 0 Å². The molecule has 0 aliphatic rings. The first-order valence-corrected chi connectivity index (χ1v) is 11.1. The zero-order valence-corrected chi connectivity index (χ0v) is 17.0. The monoisotopic (exact) mass is 323 g/mol. The lowest BCUT2D eigenvalue weighted by Gasteiger charge is -2.23. The van der Waals surface area contributed by atoms with Crippen molar-refractivity contribution in [2.75, 3.05) is 0 Å². The highest BCUT2D eigenvalue weighted by Gasteiger charge is 2.16. The molecule has 0 N–H and O–H groups in total. The van der Waals surface area contributed by atoms with Gasteiger partial charge in [0.15, 0.2) is 0 Å². The van der Waals surface area contributed by atoms with Crippen LogP contribution in [-0.4, -0.2) is 0 Å². The SMILES string of the molecule is CCCCCCCC([CH]C(CCC)CCCCCC)CCCC. The Labute approximate surface area is 149 Å². The molecule has 0 fully saturated rings. The van der Waals surface area contributed by atoms with Crippen molar-refractivity contribution in [2.45, 2.75) is 130 Å². The lowest BCUT2D eigenvalue weighted by Crippen LogP contribution is -2.11. The van der Waals surface area contributed by atoms with Crippen molar-refractivity contribution in [3.63, 3.8) is 0 Å². The van der Waals surface area contributed by atoms with E-state index in [2.05, 4.69) is 34.1 Å². The van der Waals surface area contributed by atoms with Gasteiger partial charge >= 0.3 is 0 Å². The molecule has 23 heavy (non-hydrogen) atoms. The maximum absolute atomic E-state index is 2.80. The maximum atomic E-state index is 2.80. The second kappa shape index (κ2) is 18.3. The standard InChI is InChI=1S/C23H47/c1-5-9-12-14-16-20-23(18-11-7-3)21-22(17-8-4)19-15-13-10-6-2/h21-23H,5-20H2,1-4H3. The zero-order valence-electron chi connectivity index (χ0n) is 17.0. The van der Waals surface area contributed by atoms with Crippen LogP contribution in [0.25, 0.3) is 0 Å². The quantitative estimate of drug-likeness (QED) is 0.221. The molecule has 0 aromatic rings. The molecule has 0 heterocycles. The van der Waals surface area contributed by atoms with E-state index in [1.54, 1.807) is 0 Å². The van der Waals surface area contributed by atoms with E-state index in [4.69, 9.17) is 0 Å². The molecule has 0 bridgehead atoms. The van der Waals surface area contributed by atoms with Crippen LogP contribution in [0.4, 0.5) is 0 Å². The Morgan fingerprint density at radius 1 is 0.435 bits per heavy atom. The predicted octanol–water partition coefficient (Wildman–Crippen LogP) is 8.74. The largest absolute Gasteiger partial charge is 0.0654 e. The third-order valence-electron chi connectivity index (χ3n) is 5.24. The molecule has 0 nitrogen and oxygen atoms in total. The second-order valence-electron chi connectivity index (χ2n) is 7.70. The maximum Gasteiger partial charge on any atom is -0.0324 e. The van der Waals surface area contributed by atoms with Crippen molar-refractivity contribution < 1.29 is 0 Å². The number of hydrogen-bond acceptors (Lipinski definition) is 0. The van der Waals surface area contributed by atoms with E-state index >= 15 is 0 Å². The van der Waals surface area contributed by atoms with Crippen LogP contribution in [0.2, 0.25) is 0 Å². The first-order valence-electron chi connectivity index (χ1n) is 11.1. The Morgan fingerprint density at radius 3 is 1.39 bits per heavy atom. The van der Waals surface area contributed by atoms with Crippen LogP contribution in [0, 0.1) is 18.3 Å². The molecule has 0 saturated carbocycles. The van der Waals surface area contributed by atoms with Crippen molar-refractivity contribution >= 4 is 0 Å². The zero-order chi connectivity index (χ0) is 17.2. The minimum atomic E-state index is 0.898. The van der Waals surface area contributed by atoms with Crippen LogP contribution in [0.15, 0.2) is 0 Å². The van der Waals surface area contributed by atoms with E-state index in [0.717, 1.165) is 11.8 Å². The highest BCUT2D eigenvalue weighted by molar-refractivity contribution is 4.84. The van der Waals surface area contributed by atoms with Crippen molar-refractivity contribution in [2.24, 2.45) is 11.8 Å². The fraction of sp³-hybridized carbons (Fsp3) is 0.957. The minimum absolute atomic E-state index is 0.898. The second-order valence-corrected chi connectivity index (χ2v) is 7.70. The van der Waals surface area contributed by atoms with Crippen molar-refractivity contribution in [3.8, 4) is 0 Å². The highest BCUT2D eigenvalue weighted by Crippen LogP contribution is 2.29. The van der Waals surface area contributed by atoms with Gasteiger partial charge in [-0.3, -0.25) is 0 Å². The topological polar surface area (TPSA) is 0 Å². The Hall–Kier alpha value is 0. The van der Waals surface area contributed by atoms with Crippen LogP contribution in [0.1, 0.15) is 130 Å². The molecule has 0 aromatic carbocycles. The van der Waals surface area contributed by atoms with Gasteiger partial charge < -0.3 is 0 Å². The number of unbranched alkanes of at least 4 members (excludes halogenated alkanes) is 8. The highest BCUT2D eigenvalue weighted by atomic mass is 14.2. The summed E-state index contributed by atoms with van der Waals surface area (Å²) in [6, 6.07) is 0. The molecule has 0 saturated heterocycles. The Balaban J connectivity index is 4.13. The molecule has 2 atom stereocenters. The van der Waals surface area contributed by atoms with E-state index < -0.39 is 0 Å². The summed E-state index contributed by atoms with van der Waals surface area (Å²) in [5.41, 5.74) is 0. The Kier molecular flexibility index (Phi) is 18.3. The molecule has 0 rings (SSSR count). The fourth-order valence-corrected chi connectivity index (χ4v) is 3.74. The molecular weight excluding hydrogens is 276 g/mol. The van der Waals surface area contributed by atoms with Gasteiger partial charge in [-0.1, -0.05) is 130 Å². The van der Waals surface area contributed by atoms with Gasteiger partial charge in [0.05, 0.1) is 0 Å². The van der Waals surface area contributed by atoms with Crippen LogP contribution in [0.3, 0.4) is 0 Å². The molecule has 0 spiro atoms. The molecule has 1 radical (unpaired) electrons. The summed E-state index contributed by atoms with van der Waals surface area (Å²) in [6.07, 6.45) is 25.5. The predicted molar refractivity (Wildman–Crippen MR) is 108 cm³/mol. The lowest BCUT2D eigenvalue weighted by atomic mass is 9.82. The normalized spacial score (nSPS) is 14.1. The van der Waals surface area contributed by atoms with Crippen molar-refractivity contribution in [1.82, 2.24) is 0 Å². The fourth-order valence-electron chi connectivity index (χ4n) is 3.74. The summed E-state index contributed by atoms with van der Waals surface area (Å²) in [5, 5.41) is 0. The first-order chi connectivity index (χ1) is 11.3. The van der Waals surface area contributed by atoms with E-state index in [0.29, 0.717) is 0 Å². The third kappa shape index (κ3) is 15.3. The molecule has 0 heteroatoms. The van der Waals surface area contributed by atoms with Crippen molar-refractivity contribution in [3.05, 3.63) is 6.42 Å². The molecule has 0 aliphatic carbocycles. The van der Waals surface area contributed by atoms with Gasteiger partial charge in [0, 0.05) is 0 Å². The first kappa shape index (κ1) is 23.0. The van der Waals surface area contributed by atoms with Gasteiger partial charge in [-0.25, -0.2) is 0 Å². The summed E-state index contributed by atoms with van der Waals surface area (Å²) >= 11 is 0. The van der Waals surface area contributed by atoms with Gasteiger partial charge in [0.25, 0.3) is 0 Å². The molecule has 0 amide bonds. The summed E-state index contributed by atoms with van der Waals surface area (Å²) < 4.78 is 0. The van der Waals surface area contributed by atoms with Gasteiger partial charge in [-0.05, 0) is 18.3 Å². The number of hydrogen-bond donors (Lipinski definition) is 0. The minimum Gasteiger partial charge on any atom is -0.0654 e. The third-order valence-corrected chi connectivity index (χ3v) is 5.24. The summed E-state index contributed by atoms with van der Waals surface area (Å²) in [5.74, 6) is 1.80. The van der Waals surface area contributed by atoms with E-state index in [1.807, 2.05) is 0 Å². The smallest absolute Gasteiger partial charge is 0.0324 e. The molecule has 2 unspecified atom stereocenters. The molecular formula is C23H47. The van der Waals surface area contributed by atoms with E-state index in [9.17, 15) is 0 Å². The summed E-state index contributed by atoms with van der Waals surface area (Å²) in [4.78, 5) is 0. The van der Waals surface area contributed by atoms with Gasteiger partial charge in [-0.15, -0.1) is 0 Å². The van der Waals surface area contributed by atoms with Gasteiger partial charge in [0.2, 0.25) is 0 Å². The molecule has 139 valence electrons. The number of rotatable bonds is 18. The Morgan fingerprint density at radius 2 is 0.870 bits per heavy atom. The van der Waals surface area contributed by atoms with Crippen LogP contribution in [-0.2, 0) is 0 Å². The lowest BCUT2D eigenvalue weighted by molar-refractivity contribution is 0.375. The average molecular weight is 324 g/mol. The summed E-state index contributed by atoms with van der Waals surface area (Å²) in [6.45, 7) is 9.33. The summed E-state index contributed by atoms with van der Waals surface area (Å²) in [7, 11) is 0. The van der Waals surface area contributed by atoms with Gasteiger partial charge in [-0.2, -0.15) is 0 Å². The van der Waals surface area contributed by atoms with E-state index in [1.165, 1.54) is 103 Å². The molecule has 0 aromatic heterocycles. The van der Waals surface area contributed by atoms with Crippen LogP contribution < -0.4 is 0 Å². The van der Waals surface area contributed by atoms with Crippen molar-refractivity contribution in [1.29, 1.82) is 0 Å². The Bertz CT molecular complexity index is 208. The van der Waals surface area contributed by atoms with E-state index in [-0.39, 0.29) is 0 Å². The van der Waals surface area contributed by atoms with Gasteiger partial charge in [0.1, 0.15) is 0 Å².